The van der Waals surface area contributed by atoms with E-state index in [0.717, 1.165) is 19.3 Å². The van der Waals surface area contributed by atoms with Crippen LogP contribution in [0.4, 0.5) is 0 Å². The van der Waals surface area contributed by atoms with E-state index in [0.29, 0.717) is 61.3 Å². The zero-order valence-electron chi connectivity index (χ0n) is 29.5. The lowest BCUT2D eigenvalue weighted by atomic mass is 9.43. The zero-order valence-corrected chi connectivity index (χ0v) is 29.5. The van der Waals surface area contributed by atoms with Gasteiger partial charge in [-0.2, -0.15) is 0 Å². The fourth-order valence-corrected chi connectivity index (χ4v) is 8.70. The highest BCUT2D eigenvalue weighted by Crippen LogP contribution is 2.65. The molecule has 4 aliphatic carbocycles. The molecule has 5 N–H and O–H groups in total. The molecule has 0 radical (unpaired) electrons. The lowest BCUT2D eigenvalue weighted by molar-refractivity contribution is -0.199. The molecule has 0 aromatic rings. The Kier molecular flexibility index (Phi) is 11.9. The molecule has 0 aromatic carbocycles. The number of guanidine groups is 1. The summed E-state index contributed by atoms with van der Waals surface area (Å²) in [5.41, 5.74) is -0.123. The first-order valence-electron chi connectivity index (χ1n) is 17.7. The smallest absolute Gasteiger partial charge is 0.404 e. The second kappa shape index (κ2) is 14.9. The Hall–Kier alpha value is -1.85. The summed E-state index contributed by atoms with van der Waals surface area (Å²) in [6, 6.07) is -0.737. The third-order valence-electron chi connectivity index (χ3n) is 11.6. The number of hydrogen-bond acceptors (Lipinski definition) is 6. The van der Waals surface area contributed by atoms with Gasteiger partial charge in [-0.3, -0.25) is 15.0 Å². The average Bonchev–Trinajstić information content (AvgIpc) is 3.33. The highest BCUT2D eigenvalue weighted by atomic mass is 16.7. The number of rotatable bonds is 14. The SMILES string of the molecule is CNC(=N)NCCC[C@H](NC(=O)CO[C@H]1C[C@@H](C)CC[C@@H]1C(C)C)C(=O)N[C@@H](CC(C)C)B1O[C@@H]2C[C@@H]3C[C@@H](C3(C)C)[C@]2(C)O1. The van der Waals surface area contributed by atoms with Crippen molar-refractivity contribution in [3.63, 3.8) is 0 Å². The van der Waals surface area contributed by atoms with Crippen LogP contribution >= 0.6 is 0 Å². The molecule has 1 saturated heterocycles. The maximum absolute atomic E-state index is 13.9. The zero-order chi connectivity index (χ0) is 33.1. The third-order valence-corrected chi connectivity index (χ3v) is 11.6. The monoisotopic (exact) mass is 631 g/mol. The summed E-state index contributed by atoms with van der Waals surface area (Å²) in [7, 11) is 1.16. The van der Waals surface area contributed by atoms with E-state index in [1.165, 1.54) is 12.8 Å². The van der Waals surface area contributed by atoms with Crippen molar-refractivity contribution >= 4 is 24.9 Å². The van der Waals surface area contributed by atoms with Gasteiger partial charge in [0.15, 0.2) is 5.96 Å². The molecule has 9 atom stereocenters. The minimum Gasteiger partial charge on any atom is -0.404 e. The van der Waals surface area contributed by atoms with Crippen molar-refractivity contribution in [3.05, 3.63) is 0 Å². The summed E-state index contributed by atoms with van der Waals surface area (Å²) in [5.74, 6) is 2.29. The first-order chi connectivity index (χ1) is 21.1. The molecule has 5 rings (SSSR count). The Morgan fingerprint density at radius 1 is 1.07 bits per heavy atom. The fourth-order valence-electron chi connectivity index (χ4n) is 8.70. The van der Waals surface area contributed by atoms with Crippen LogP contribution in [0, 0.1) is 46.3 Å². The first kappa shape index (κ1) is 36.0. The number of hydrogen-bond donors (Lipinski definition) is 5. The van der Waals surface area contributed by atoms with Gasteiger partial charge in [0.05, 0.1) is 23.8 Å². The quantitative estimate of drug-likeness (QED) is 0.0837. The van der Waals surface area contributed by atoms with Crippen LogP contribution in [0.15, 0.2) is 0 Å². The summed E-state index contributed by atoms with van der Waals surface area (Å²) in [4.78, 5) is 27.2. The highest BCUT2D eigenvalue weighted by Gasteiger charge is 2.68. The van der Waals surface area contributed by atoms with E-state index in [9.17, 15) is 9.59 Å². The molecular weight excluding hydrogens is 569 g/mol. The molecule has 0 unspecified atom stereocenters. The highest BCUT2D eigenvalue weighted by molar-refractivity contribution is 6.48. The summed E-state index contributed by atoms with van der Waals surface area (Å²) in [5, 5.41) is 19.8. The van der Waals surface area contributed by atoms with Crippen LogP contribution < -0.4 is 21.3 Å². The van der Waals surface area contributed by atoms with Crippen LogP contribution in [0.1, 0.15) is 107 Å². The molecule has 1 heterocycles. The number of amides is 2. The van der Waals surface area contributed by atoms with Crippen LogP contribution in [-0.2, 0) is 23.6 Å². The molecule has 0 spiro atoms. The molecule has 2 bridgehead atoms. The number of carbonyl (C=O) groups is 2. The van der Waals surface area contributed by atoms with E-state index in [2.05, 4.69) is 76.7 Å². The van der Waals surface area contributed by atoms with Crippen molar-refractivity contribution in [2.45, 2.75) is 137 Å². The Bertz CT molecular complexity index is 1040. The summed E-state index contributed by atoms with van der Waals surface area (Å²) in [6.45, 7) is 18.3. The minimum atomic E-state index is -0.737. The van der Waals surface area contributed by atoms with E-state index in [1.54, 1.807) is 7.05 Å². The Morgan fingerprint density at radius 3 is 2.44 bits per heavy atom. The van der Waals surface area contributed by atoms with E-state index in [1.807, 2.05) is 0 Å². The van der Waals surface area contributed by atoms with E-state index in [4.69, 9.17) is 19.5 Å². The van der Waals surface area contributed by atoms with E-state index < -0.39 is 13.2 Å². The second-order valence-electron chi connectivity index (χ2n) is 16.1. The van der Waals surface area contributed by atoms with E-state index >= 15 is 0 Å². The standard InChI is InChI=1S/C34H62BN5O5/c1-20(2)15-29(35-44-28-18-23-17-27(33(23,6)7)34(28,8)45-35)40-31(42)25(11-10-14-38-32(36)37-9)39-30(41)19-43-26-16-22(5)12-13-24(26)21(3)4/h20-29H,10-19H2,1-9H3,(H,39,41)(H,40,42)(H3,36,37,38)/t22-,23-,24+,25-,26-,27-,28+,29-,34-/m0/s1. The normalized spacial score (nSPS) is 33.2. The van der Waals surface area contributed by atoms with Gasteiger partial charge in [-0.1, -0.05) is 54.9 Å². The molecule has 11 heteroatoms. The van der Waals surface area contributed by atoms with Gasteiger partial charge in [-0.05, 0) is 92.8 Å². The molecule has 5 aliphatic rings. The summed E-state index contributed by atoms with van der Waals surface area (Å²) < 4.78 is 19.6. The summed E-state index contributed by atoms with van der Waals surface area (Å²) in [6.07, 6.45) is 7.25. The van der Waals surface area contributed by atoms with Crippen molar-refractivity contribution in [1.29, 1.82) is 5.41 Å². The van der Waals surface area contributed by atoms with Gasteiger partial charge in [-0.25, -0.2) is 0 Å². The maximum atomic E-state index is 13.9. The summed E-state index contributed by atoms with van der Waals surface area (Å²) >= 11 is 0. The molecule has 4 saturated carbocycles. The molecule has 256 valence electrons. The number of carbonyl (C=O) groups excluding carboxylic acids is 2. The molecule has 1 aliphatic heterocycles. The Labute approximate surface area is 272 Å². The first-order valence-corrected chi connectivity index (χ1v) is 17.7. The van der Waals surface area contributed by atoms with Gasteiger partial charge in [0.25, 0.3) is 0 Å². The van der Waals surface area contributed by atoms with Crippen LogP contribution in [0.5, 0.6) is 0 Å². The van der Waals surface area contributed by atoms with Crippen molar-refractivity contribution in [3.8, 4) is 0 Å². The van der Waals surface area contributed by atoms with Gasteiger partial charge in [-0.15, -0.1) is 0 Å². The maximum Gasteiger partial charge on any atom is 0.481 e. The predicted octanol–water partition coefficient (Wildman–Crippen LogP) is 4.27. The van der Waals surface area contributed by atoms with Crippen LogP contribution in [0.3, 0.4) is 0 Å². The lowest BCUT2D eigenvalue weighted by Gasteiger charge is -2.64. The van der Waals surface area contributed by atoms with Crippen LogP contribution in [-0.4, -0.2) is 74.9 Å². The number of nitrogens with one attached hydrogen (secondary N) is 5. The fraction of sp³-hybridized carbons (Fsp3) is 0.912. The average molecular weight is 632 g/mol. The molecule has 2 amide bonds. The lowest BCUT2D eigenvalue weighted by Crippen LogP contribution is -2.65. The number of ether oxygens (including phenoxy) is 1. The molecule has 5 fully saturated rings. The van der Waals surface area contributed by atoms with Gasteiger partial charge in [0.2, 0.25) is 11.8 Å². The van der Waals surface area contributed by atoms with Gasteiger partial charge in [0, 0.05) is 13.6 Å². The van der Waals surface area contributed by atoms with Crippen LogP contribution in [0.25, 0.3) is 0 Å². The van der Waals surface area contributed by atoms with E-state index in [-0.39, 0.29) is 53.5 Å². The largest absolute Gasteiger partial charge is 0.481 e. The minimum absolute atomic E-state index is 0.0317. The predicted molar refractivity (Wildman–Crippen MR) is 179 cm³/mol. The van der Waals surface area contributed by atoms with Crippen molar-refractivity contribution in [1.82, 2.24) is 21.3 Å². The molecular formula is C34H62BN5O5. The van der Waals surface area contributed by atoms with Crippen LogP contribution in [0.2, 0.25) is 0 Å². The Balaban J connectivity index is 1.41. The van der Waals surface area contributed by atoms with Gasteiger partial charge in [0.1, 0.15) is 12.6 Å². The van der Waals surface area contributed by atoms with Gasteiger partial charge >= 0.3 is 7.12 Å². The van der Waals surface area contributed by atoms with Gasteiger partial charge < -0.3 is 35.3 Å². The molecule has 45 heavy (non-hydrogen) atoms. The van der Waals surface area contributed by atoms with Crippen molar-refractivity contribution < 1.29 is 23.6 Å². The Morgan fingerprint density at radius 2 is 1.80 bits per heavy atom. The van der Waals surface area contributed by atoms with Crippen molar-refractivity contribution in [2.24, 2.45) is 40.9 Å². The molecule has 10 nitrogen and oxygen atoms in total. The van der Waals surface area contributed by atoms with Crippen molar-refractivity contribution in [2.75, 3.05) is 20.2 Å². The second-order valence-corrected chi connectivity index (χ2v) is 16.1. The third kappa shape index (κ3) is 8.36. The topological polar surface area (TPSA) is 134 Å². The molecule has 0 aromatic heterocycles.